The fraction of sp³-hybridized carbons (Fsp3) is 0.176. The van der Waals surface area contributed by atoms with Crippen LogP contribution in [0.2, 0.25) is 5.02 Å². The molecular weight excluding hydrogens is 336 g/mol. The van der Waals surface area contributed by atoms with Crippen LogP contribution in [0.3, 0.4) is 0 Å². The highest BCUT2D eigenvalue weighted by molar-refractivity contribution is 6.31. The summed E-state index contributed by atoms with van der Waals surface area (Å²) in [5.74, 6) is -1.30. The molecule has 24 heavy (non-hydrogen) atoms. The molecule has 4 nitrogen and oxygen atoms in total. The summed E-state index contributed by atoms with van der Waals surface area (Å²) in [6, 6.07) is 10.7. The normalized spacial score (nSPS) is 22.5. The average molecular weight is 348 g/mol. The zero-order valence-electron chi connectivity index (χ0n) is 12.4. The summed E-state index contributed by atoms with van der Waals surface area (Å²) in [4.78, 5) is 3.90. The van der Waals surface area contributed by atoms with Crippen LogP contribution in [0.25, 0.3) is 0 Å². The molecule has 1 fully saturated rings. The van der Waals surface area contributed by atoms with E-state index in [1.54, 1.807) is 10.7 Å². The van der Waals surface area contributed by atoms with Crippen molar-refractivity contribution in [1.82, 2.24) is 14.8 Å². The third kappa shape index (κ3) is 2.48. The molecule has 4 rings (SSSR count). The maximum absolute atomic E-state index is 14.4. The van der Waals surface area contributed by atoms with E-state index in [1.165, 1.54) is 24.8 Å². The molecule has 0 spiro atoms. The largest absolute Gasteiger partial charge is 0.354 e. The molecule has 1 aliphatic rings. The van der Waals surface area contributed by atoms with Gasteiger partial charge in [0.15, 0.2) is 0 Å². The van der Waals surface area contributed by atoms with Gasteiger partial charge < -0.3 is 4.74 Å². The number of hydrogen-bond donors (Lipinski definition) is 0. The molecule has 1 aliphatic heterocycles. The van der Waals surface area contributed by atoms with E-state index in [0.717, 1.165) is 11.6 Å². The maximum atomic E-state index is 14.4. The first-order valence-corrected chi connectivity index (χ1v) is 7.68. The van der Waals surface area contributed by atoms with E-state index in [1.807, 2.05) is 18.2 Å². The smallest absolute Gasteiger partial charge is 0.147 e. The molecule has 0 aliphatic carbocycles. The number of benzene rings is 2. The van der Waals surface area contributed by atoms with Gasteiger partial charge in [-0.25, -0.2) is 18.4 Å². The standard InChI is InChI=1S/C17H12ClF2N3O/c18-14-4-2-1-3-12(14)16-17(24-16,8-23-10-21-9-22-23)13-6-5-11(19)7-15(13)20/h1-7,9-10,16H,8H2/t16-,17-/m0/s1. The second-order valence-electron chi connectivity index (χ2n) is 5.63. The Morgan fingerprint density at radius 2 is 2.04 bits per heavy atom. The molecule has 3 aromatic rings. The summed E-state index contributed by atoms with van der Waals surface area (Å²) >= 11 is 6.25. The van der Waals surface area contributed by atoms with Crippen molar-refractivity contribution in [1.29, 1.82) is 0 Å². The average Bonchev–Trinajstić information content (AvgIpc) is 3.01. The first-order valence-electron chi connectivity index (χ1n) is 7.30. The van der Waals surface area contributed by atoms with Gasteiger partial charge in [0.05, 0.1) is 6.54 Å². The molecule has 2 atom stereocenters. The van der Waals surface area contributed by atoms with Crippen LogP contribution in [0.4, 0.5) is 8.78 Å². The van der Waals surface area contributed by atoms with Gasteiger partial charge in [-0.3, -0.25) is 0 Å². The predicted octanol–water partition coefficient (Wildman–Crippen LogP) is 3.88. The second-order valence-corrected chi connectivity index (χ2v) is 6.03. The Hall–Kier alpha value is -2.31. The zero-order chi connectivity index (χ0) is 16.7. The van der Waals surface area contributed by atoms with Gasteiger partial charge in [-0.2, -0.15) is 5.10 Å². The molecule has 122 valence electrons. The minimum Gasteiger partial charge on any atom is -0.354 e. The lowest BCUT2D eigenvalue weighted by Gasteiger charge is -2.15. The van der Waals surface area contributed by atoms with E-state index in [4.69, 9.17) is 16.3 Å². The first kappa shape index (κ1) is 15.2. The maximum Gasteiger partial charge on any atom is 0.147 e. The fourth-order valence-electron chi connectivity index (χ4n) is 2.98. The Labute approximate surface area is 141 Å². The van der Waals surface area contributed by atoms with E-state index in [0.29, 0.717) is 5.02 Å². The lowest BCUT2D eigenvalue weighted by atomic mass is 9.91. The van der Waals surface area contributed by atoms with Crippen LogP contribution in [0.1, 0.15) is 17.2 Å². The third-order valence-electron chi connectivity index (χ3n) is 4.13. The fourth-order valence-corrected chi connectivity index (χ4v) is 3.21. The number of rotatable bonds is 4. The van der Waals surface area contributed by atoms with Crippen molar-refractivity contribution in [2.45, 2.75) is 18.2 Å². The molecule has 0 radical (unpaired) electrons. The van der Waals surface area contributed by atoms with Gasteiger partial charge in [-0.15, -0.1) is 0 Å². The van der Waals surface area contributed by atoms with E-state index < -0.39 is 23.3 Å². The second kappa shape index (κ2) is 5.65. The van der Waals surface area contributed by atoms with Crippen LogP contribution >= 0.6 is 11.6 Å². The summed E-state index contributed by atoms with van der Waals surface area (Å²) < 4.78 is 35.2. The molecule has 0 bridgehead atoms. The van der Waals surface area contributed by atoms with E-state index >= 15 is 0 Å². The highest BCUT2D eigenvalue weighted by atomic mass is 35.5. The van der Waals surface area contributed by atoms with Gasteiger partial charge in [0.1, 0.15) is 36.0 Å². The first-order chi connectivity index (χ1) is 11.6. The molecule has 1 aromatic heterocycles. The highest BCUT2D eigenvalue weighted by Gasteiger charge is 2.60. The van der Waals surface area contributed by atoms with Crippen molar-refractivity contribution in [3.05, 3.63) is 82.9 Å². The molecule has 2 heterocycles. The molecule has 7 heteroatoms. The highest BCUT2D eigenvalue weighted by Crippen LogP contribution is 2.59. The summed E-state index contributed by atoms with van der Waals surface area (Å²) in [5, 5.41) is 4.59. The Morgan fingerprint density at radius 1 is 1.21 bits per heavy atom. The van der Waals surface area contributed by atoms with Crippen molar-refractivity contribution < 1.29 is 13.5 Å². The van der Waals surface area contributed by atoms with Crippen LogP contribution in [0.15, 0.2) is 55.1 Å². The number of aromatic nitrogens is 3. The van der Waals surface area contributed by atoms with Crippen molar-refractivity contribution in [2.75, 3.05) is 0 Å². The van der Waals surface area contributed by atoms with Crippen LogP contribution in [-0.4, -0.2) is 14.8 Å². The van der Waals surface area contributed by atoms with Gasteiger partial charge in [0, 0.05) is 22.2 Å². The molecule has 0 N–H and O–H groups in total. The number of hydrogen-bond acceptors (Lipinski definition) is 3. The third-order valence-corrected chi connectivity index (χ3v) is 4.48. The van der Waals surface area contributed by atoms with Gasteiger partial charge in [0.25, 0.3) is 0 Å². The number of ether oxygens (including phenoxy) is 1. The lowest BCUT2D eigenvalue weighted by Crippen LogP contribution is -2.21. The summed E-state index contributed by atoms with van der Waals surface area (Å²) in [7, 11) is 0. The van der Waals surface area contributed by atoms with Crippen LogP contribution < -0.4 is 0 Å². The van der Waals surface area contributed by atoms with Crippen LogP contribution in [0.5, 0.6) is 0 Å². The zero-order valence-corrected chi connectivity index (χ0v) is 13.1. The SMILES string of the molecule is Fc1ccc([C@]2(Cn3cncn3)O[C@H]2c2ccccc2Cl)c(F)c1. The van der Waals surface area contributed by atoms with Crippen LogP contribution in [0, 0.1) is 11.6 Å². The molecule has 0 unspecified atom stereocenters. The quantitative estimate of drug-likeness (QED) is 0.673. The van der Waals surface area contributed by atoms with Crippen LogP contribution in [-0.2, 0) is 16.9 Å². The lowest BCUT2D eigenvalue weighted by molar-refractivity contribution is 0.256. The Morgan fingerprint density at radius 3 is 2.75 bits per heavy atom. The Balaban J connectivity index is 1.79. The summed E-state index contributed by atoms with van der Waals surface area (Å²) in [6.07, 6.45) is 2.46. The number of epoxide rings is 1. The minimum absolute atomic E-state index is 0.242. The molecule has 1 saturated heterocycles. The van der Waals surface area contributed by atoms with Gasteiger partial charge in [0.2, 0.25) is 0 Å². The number of halogens is 3. The predicted molar refractivity (Wildman–Crippen MR) is 83.3 cm³/mol. The number of nitrogens with zero attached hydrogens (tertiary/aromatic N) is 3. The minimum atomic E-state index is -1.00. The van der Waals surface area contributed by atoms with E-state index in [2.05, 4.69) is 10.1 Å². The van der Waals surface area contributed by atoms with Gasteiger partial charge in [-0.05, 0) is 12.1 Å². The topological polar surface area (TPSA) is 43.2 Å². The Bertz CT molecular complexity index is 887. The molecular formula is C17H12ClF2N3O. The monoisotopic (exact) mass is 347 g/mol. The Kier molecular flexibility index (Phi) is 3.58. The van der Waals surface area contributed by atoms with Crippen molar-refractivity contribution in [3.63, 3.8) is 0 Å². The molecule has 0 amide bonds. The summed E-state index contributed by atoms with van der Waals surface area (Å²) in [6.45, 7) is 0.242. The van der Waals surface area contributed by atoms with E-state index in [9.17, 15) is 8.78 Å². The van der Waals surface area contributed by atoms with Gasteiger partial charge >= 0.3 is 0 Å². The van der Waals surface area contributed by atoms with Crippen molar-refractivity contribution in [2.24, 2.45) is 0 Å². The molecule has 0 saturated carbocycles. The van der Waals surface area contributed by atoms with Gasteiger partial charge in [-0.1, -0.05) is 35.9 Å². The molecule has 2 aromatic carbocycles. The van der Waals surface area contributed by atoms with Crippen molar-refractivity contribution in [3.8, 4) is 0 Å². The van der Waals surface area contributed by atoms with Crippen molar-refractivity contribution >= 4 is 11.6 Å². The van der Waals surface area contributed by atoms with E-state index in [-0.39, 0.29) is 12.1 Å². The summed E-state index contributed by atoms with van der Waals surface area (Å²) in [5.41, 5.74) is 0.0172.